The van der Waals surface area contributed by atoms with Gasteiger partial charge in [0.05, 0.1) is 11.1 Å². The molecular formula is C24H22O4. The molecule has 0 saturated heterocycles. The van der Waals surface area contributed by atoms with Crippen LogP contribution < -0.4 is 0 Å². The van der Waals surface area contributed by atoms with Gasteiger partial charge in [-0.2, -0.15) is 0 Å². The van der Waals surface area contributed by atoms with Crippen molar-refractivity contribution in [2.75, 3.05) is 0 Å². The molecule has 0 aliphatic carbocycles. The van der Waals surface area contributed by atoms with E-state index < -0.39 is 11.8 Å². The van der Waals surface area contributed by atoms with E-state index in [1.165, 1.54) is 0 Å². The molecule has 0 aliphatic rings. The Labute approximate surface area is 164 Å². The molecule has 0 amide bonds. The summed E-state index contributed by atoms with van der Waals surface area (Å²) in [6.07, 6.45) is 0.872. The van der Waals surface area contributed by atoms with Crippen LogP contribution in [0.2, 0.25) is 0 Å². The van der Waals surface area contributed by atoms with E-state index in [1.807, 2.05) is 19.9 Å². The monoisotopic (exact) mass is 374 g/mol. The van der Waals surface area contributed by atoms with Crippen LogP contribution in [0.15, 0.2) is 60.7 Å². The first kappa shape index (κ1) is 19.4. The van der Waals surface area contributed by atoms with Crippen LogP contribution in [0.1, 0.15) is 51.3 Å². The Morgan fingerprint density at radius 2 is 1.32 bits per heavy atom. The minimum Gasteiger partial charge on any atom is -0.507 e. The molecule has 0 aliphatic heterocycles. The van der Waals surface area contributed by atoms with E-state index in [1.54, 1.807) is 54.6 Å². The van der Waals surface area contributed by atoms with E-state index >= 15 is 0 Å². The number of phenolic OH excluding ortho intramolecular Hbond substituents is 1. The lowest BCUT2D eigenvalue weighted by Gasteiger charge is -2.21. The predicted molar refractivity (Wildman–Crippen MR) is 109 cm³/mol. The lowest BCUT2D eigenvalue weighted by Crippen LogP contribution is -2.14. The van der Waals surface area contributed by atoms with Gasteiger partial charge >= 0.3 is 5.97 Å². The third-order valence-electron chi connectivity index (χ3n) is 4.94. The maximum Gasteiger partial charge on any atom is 0.336 e. The van der Waals surface area contributed by atoms with Crippen molar-refractivity contribution >= 4 is 11.8 Å². The minimum atomic E-state index is -1.10. The molecule has 0 heterocycles. The Hall–Kier alpha value is -3.40. The highest BCUT2D eigenvalue weighted by Gasteiger charge is 2.30. The second-order valence-corrected chi connectivity index (χ2v) is 6.50. The van der Waals surface area contributed by atoms with E-state index in [0.717, 1.165) is 0 Å². The number of hydrogen-bond donors (Lipinski definition) is 2. The fraction of sp³-hybridized carbons (Fsp3) is 0.167. The number of carbonyl (C=O) groups is 2. The molecule has 0 atom stereocenters. The van der Waals surface area contributed by atoms with Crippen molar-refractivity contribution in [3.05, 3.63) is 88.5 Å². The number of carboxylic acids is 1. The minimum absolute atomic E-state index is 0.0452. The zero-order valence-electron chi connectivity index (χ0n) is 15.9. The van der Waals surface area contributed by atoms with Gasteiger partial charge in [-0.05, 0) is 29.5 Å². The number of benzene rings is 3. The first-order valence-electron chi connectivity index (χ1n) is 9.30. The van der Waals surface area contributed by atoms with Crippen LogP contribution in [0, 0.1) is 0 Å². The largest absolute Gasteiger partial charge is 0.507 e. The summed E-state index contributed by atoms with van der Waals surface area (Å²) in [6, 6.07) is 17.5. The maximum atomic E-state index is 13.4. The summed E-state index contributed by atoms with van der Waals surface area (Å²) < 4.78 is 0. The van der Waals surface area contributed by atoms with E-state index in [9.17, 15) is 19.8 Å². The summed E-state index contributed by atoms with van der Waals surface area (Å²) in [6.45, 7) is 3.70. The molecule has 3 rings (SSSR count). The molecule has 0 fully saturated rings. The van der Waals surface area contributed by atoms with Crippen molar-refractivity contribution in [1.82, 2.24) is 0 Å². The Bertz CT molecular complexity index is 1020. The Morgan fingerprint density at radius 3 is 1.82 bits per heavy atom. The van der Waals surface area contributed by atoms with Gasteiger partial charge in [-0.1, -0.05) is 74.5 Å². The van der Waals surface area contributed by atoms with Crippen molar-refractivity contribution in [3.8, 4) is 16.9 Å². The fourth-order valence-electron chi connectivity index (χ4n) is 3.69. The third kappa shape index (κ3) is 3.29. The number of aromatic hydroxyl groups is 1. The Morgan fingerprint density at radius 1 is 0.786 bits per heavy atom. The molecular weight excluding hydrogens is 352 g/mol. The van der Waals surface area contributed by atoms with Crippen molar-refractivity contribution < 1.29 is 19.8 Å². The van der Waals surface area contributed by atoms with Crippen LogP contribution >= 0.6 is 0 Å². The summed E-state index contributed by atoms with van der Waals surface area (Å²) in [4.78, 5) is 25.6. The molecule has 0 bridgehead atoms. The molecule has 4 heteroatoms. The van der Waals surface area contributed by atoms with Crippen molar-refractivity contribution in [3.63, 3.8) is 0 Å². The first-order valence-corrected chi connectivity index (χ1v) is 9.30. The second-order valence-electron chi connectivity index (χ2n) is 6.50. The van der Waals surface area contributed by atoms with Crippen LogP contribution in [-0.4, -0.2) is 22.0 Å². The number of carbonyl (C=O) groups excluding carboxylic acids is 1. The second kappa shape index (κ2) is 8.09. The number of rotatable bonds is 6. The summed E-state index contributed by atoms with van der Waals surface area (Å²) in [7, 11) is 0. The molecule has 0 aromatic heterocycles. The molecule has 0 spiro atoms. The zero-order chi connectivity index (χ0) is 20.3. The quantitative estimate of drug-likeness (QED) is 0.588. The molecule has 2 N–H and O–H groups in total. The topological polar surface area (TPSA) is 74.6 Å². The average molecular weight is 374 g/mol. The molecule has 0 radical (unpaired) electrons. The van der Waals surface area contributed by atoms with E-state index in [-0.39, 0.29) is 22.4 Å². The van der Waals surface area contributed by atoms with Crippen LogP contribution in [0.5, 0.6) is 5.75 Å². The number of aromatic carboxylic acids is 1. The van der Waals surface area contributed by atoms with Gasteiger partial charge in [0.1, 0.15) is 5.75 Å². The lowest BCUT2D eigenvalue weighted by atomic mass is 9.82. The number of ketones is 1. The van der Waals surface area contributed by atoms with Crippen molar-refractivity contribution in [2.24, 2.45) is 0 Å². The van der Waals surface area contributed by atoms with Gasteiger partial charge in [-0.3, -0.25) is 4.79 Å². The zero-order valence-corrected chi connectivity index (χ0v) is 15.9. The molecule has 0 unspecified atom stereocenters. The standard InChI is InChI=1S/C24H22O4/c1-3-17-18(4-2)23(26)21(22(25)16-13-9-6-10-14-16)19(20(17)24(27)28)15-11-7-5-8-12-15/h5-14,26H,3-4H2,1-2H3,(H,27,28). The smallest absolute Gasteiger partial charge is 0.336 e. The molecule has 4 nitrogen and oxygen atoms in total. The van der Waals surface area contributed by atoms with Crippen LogP contribution in [0.25, 0.3) is 11.1 Å². The molecule has 3 aromatic carbocycles. The van der Waals surface area contributed by atoms with Gasteiger partial charge in [0, 0.05) is 11.1 Å². The predicted octanol–water partition coefficient (Wildman–Crippen LogP) is 5.11. The van der Waals surface area contributed by atoms with E-state index in [2.05, 4.69) is 0 Å². The van der Waals surface area contributed by atoms with Crippen LogP contribution in [0.4, 0.5) is 0 Å². The highest BCUT2D eigenvalue weighted by Crippen LogP contribution is 2.41. The number of hydrogen-bond acceptors (Lipinski definition) is 3. The van der Waals surface area contributed by atoms with Gasteiger partial charge < -0.3 is 10.2 Å². The highest BCUT2D eigenvalue weighted by molar-refractivity contribution is 6.18. The molecule has 142 valence electrons. The molecule has 3 aromatic rings. The van der Waals surface area contributed by atoms with Crippen molar-refractivity contribution in [2.45, 2.75) is 26.7 Å². The van der Waals surface area contributed by atoms with E-state index in [0.29, 0.717) is 35.1 Å². The summed E-state index contributed by atoms with van der Waals surface area (Å²) in [5.41, 5.74) is 2.47. The van der Waals surface area contributed by atoms with Crippen molar-refractivity contribution in [1.29, 1.82) is 0 Å². The fourth-order valence-corrected chi connectivity index (χ4v) is 3.69. The van der Waals surface area contributed by atoms with Gasteiger partial charge in [0.15, 0.2) is 5.78 Å². The molecule has 28 heavy (non-hydrogen) atoms. The summed E-state index contributed by atoms with van der Waals surface area (Å²) >= 11 is 0. The average Bonchev–Trinajstić information content (AvgIpc) is 2.73. The Kier molecular flexibility index (Phi) is 5.59. The maximum absolute atomic E-state index is 13.4. The normalized spacial score (nSPS) is 10.6. The highest BCUT2D eigenvalue weighted by atomic mass is 16.4. The first-order chi connectivity index (χ1) is 13.5. The number of carboxylic acid groups (broad SMARTS) is 1. The molecule has 0 saturated carbocycles. The van der Waals surface area contributed by atoms with Gasteiger partial charge in [-0.15, -0.1) is 0 Å². The Balaban J connectivity index is 2.48. The summed E-state index contributed by atoms with van der Waals surface area (Å²) in [5, 5.41) is 21.1. The third-order valence-corrected chi connectivity index (χ3v) is 4.94. The number of phenols is 1. The van der Waals surface area contributed by atoms with Crippen LogP contribution in [-0.2, 0) is 12.8 Å². The van der Waals surface area contributed by atoms with Crippen LogP contribution in [0.3, 0.4) is 0 Å². The van der Waals surface area contributed by atoms with E-state index in [4.69, 9.17) is 0 Å². The summed E-state index contributed by atoms with van der Waals surface area (Å²) in [5.74, 6) is -1.62. The lowest BCUT2D eigenvalue weighted by molar-refractivity contribution is 0.0696. The SMILES string of the molecule is CCc1c(O)c(C(=O)c2ccccc2)c(-c2ccccc2)c(C(=O)O)c1CC. The van der Waals surface area contributed by atoms with Gasteiger partial charge in [-0.25, -0.2) is 4.79 Å². The van der Waals surface area contributed by atoms with Gasteiger partial charge in [0.2, 0.25) is 0 Å². The van der Waals surface area contributed by atoms with Gasteiger partial charge in [0.25, 0.3) is 0 Å².